The van der Waals surface area contributed by atoms with Crippen molar-refractivity contribution in [3.8, 4) is 11.5 Å². The zero-order valence-corrected chi connectivity index (χ0v) is 23.2. The van der Waals surface area contributed by atoms with Crippen molar-refractivity contribution in [3.63, 3.8) is 0 Å². The van der Waals surface area contributed by atoms with Crippen LogP contribution in [-0.2, 0) is 11.4 Å². The van der Waals surface area contributed by atoms with Crippen molar-refractivity contribution in [2.75, 3.05) is 11.5 Å². The van der Waals surface area contributed by atoms with E-state index in [4.69, 9.17) is 44.9 Å². The second-order valence-electron chi connectivity index (χ2n) is 7.15. The molecule has 9 heteroatoms. The Morgan fingerprint density at radius 1 is 1.06 bits per heavy atom. The first-order valence-corrected chi connectivity index (χ1v) is 13.3. The van der Waals surface area contributed by atoms with Crippen LogP contribution in [0.15, 0.2) is 65.6 Å². The maximum Gasteiger partial charge on any atom is 0.270 e. The molecule has 0 spiro atoms. The van der Waals surface area contributed by atoms with Crippen molar-refractivity contribution < 1.29 is 14.3 Å². The number of halogens is 3. The Bertz CT molecular complexity index is 1280. The van der Waals surface area contributed by atoms with Gasteiger partial charge in [-0.3, -0.25) is 9.69 Å². The Balaban J connectivity index is 1.61. The van der Waals surface area contributed by atoms with Crippen LogP contribution in [0, 0.1) is 3.57 Å². The first-order chi connectivity index (χ1) is 16.4. The highest BCUT2D eigenvalue weighted by molar-refractivity contribution is 14.1. The van der Waals surface area contributed by atoms with Gasteiger partial charge in [0.2, 0.25) is 0 Å². The molecule has 1 saturated heterocycles. The van der Waals surface area contributed by atoms with Crippen molar-refractivity contribution in [1.29, 1.82) is 0 Å². The van der Waals surface area contributed by atoms with E-state index in [9.17, 15) is 4.79 Å². The number of benzene rings is 3. The molecule has 1 aliphatic heterocycles. The highest BCUT2D eigenvalue weighted by Gasteiger charge is 2.33. The first kappa shape index (κ1) is 25.3. The van der Waals surface area contributed by atoms with Crippen LogP contribution in [0.25, 0.3) is 6.08 Å². The van der Waals surface area contributed by atoms with Gasteiger partial charge in [-0.1, -0.05) is 77.5 Å². The number of amides is 1. The molecule has 0 N–H and O–H groups in total. The SMILES string of the molecule is CCOc1cc(/C=C2\SC(=S)N(c3ccc(Cl)c(Cl)c3)C2=O)cc(I)c1OCc1ccccc1. The fraction of sp³-hybridized carbons (Fsp3) is 0.120. The molecule has 0 saturated carbocycles. The lowest BCUT2D eigenvalue weighted by Gasteiger charge is -2.15. The summed E-state index contributed by atoms with van der Waals surface area (Å²) >= 11 is 21.1. The molecule has 174 valence electrons. The number of thiocarbonyl (C=S) groups is 1. The quantitative estimate of drug-likeness (QED) is 0.149. The van der Waals surface area contributed by atoms with E-state index in [-0.39, 0.29) is 5.91 Å². The maximum atomic E-state index is 13.2. The summed E-state index contributed by atoms with van der Waals surface area (Å²) in [5, 5.41) is 0.776. The van der Waals surface area contributed by atoms with E-state index in [1.54, 1.807) is 18.2 Å². The molecule has 3 aromatic rings. The van der Waals surface area contributed by atoms with Crippen molar-refractivity contribution in [3.05, 3.63) is 90.3 Å². The van der Waals surface area contributed by atoms with Crippen molar-refractivity contribution >= 4 is 91.8 Å². The van der Waals surface area contributed by atoms with Gasteiger partial charge in [-0.05, 0) is 77.0 Å². The van der Waals surface area contributed by atoms with Crippen LogP contribution in [-0.4, -0.2) is 16.8 Å². The van der Waals surface area contributed by atoms with Crippen molar-refractivity contribution in [2.24, 2.45) is 0 Å². The largest absolute Gasteiger partial charge is 0.490 e. The lowest BCUT2D eigenvalue weighted by Crippen LogP contribution is -2.27. The summed E-state index contributed by atoms with van der Waals surface area (Å²) < 4.78 is 13.3. The summed E-state index contributed by atoms with van der Waals surface area (Å²) in [5.41, 5.74) is 2.46. The maximum absolute atomic E-state index is 13.2. The molecule has 0 atom stereocenters. The van der Waals surface area contributed by atoms with E-state index in [0.29, 0.717) is 49.7 Å². The highest BCUT2D eigenvalue weighted by Crippen LogP contribution is 2.40. The van der Waals surface area contributed by atoms with Gasteiger partial charge < -0.3 is 9.47 Å². The number of ether oxygens (including phenoxy) is 2. The van der Waals surface area contributed by atoms with Crippen LogP contribution >= 0.6 is 69.8 Å². The predicted molar refractivity (Wildman–Crippen MR) is 153 cm³/mol. The minimum absolute atomic E-state index is 0.217. The Morgan fingerprint density at radius 2 is 1.82 bits per heavy atom. The zero-order valence-electron chi connectivity index (χ0n) is 17.9. The van der Waals surface area contributed by atoms with Gasteiger partial charge in [0.1, 0.15) is 6.61 Å². The van der Waals surface area contributed by atoms with E-state index in [0.717, 1.165) is 14.7 Å². The minimum atomic E-state index is -0.217. The molecule has 0 aliphatic carbocycles. The zero-order chi connectivity index (χ0) is 24.2. The molecular formula is C25H18Cl2INO3S2. The average molecular weight is 642 g/mol. The third-order valence-electron chi connectivity index (χ3n) is 4.81. The number of rotatable bonds is 7. The van der Waals surface area contributed by atoms with E-state index < -0.39 is 0 Å². The predicted octanol–water partition coefficient (Wildman–Crippen LogP) is 7.98. The number of thioether (sulfide) groups is 1. The molecule has 0 aromatic heterocycles. The summed E-state index contributed by atoms with van der Waals surface area (Å²) in [6.45, 7) is 2.84. The van der Waals surface area contributed by atoms with Crippen LogP contribution in [0.5, 0.6) is 11.5 Å². The van der Waals surface area contributed by atoms with Gasteiger partial charge in [-0.2, -0.15) is 0 Å². The summed E-state index contributed by atoms with van der Waals surface area (Å²) in [6.07, 6.45) is 1.81. The molecule has 0 unspecified atom stereocenters. The van der Waals surface area contributed by atoms with Crippen LogP contribution in [0.2, 0.25) is 10.0 Å². The highest BCUT2D eigenvalue weighted by atomic mass is 127. The number of anilines is 1. The molecule has 1 aliphatic rings. The number of nitrogens with zero attached hydrogens (tertiary/aromatic N) is 1. The number of hydrogen-bond donors (Lipinski definition) is 0. The molecule has 1 heterocycles. The van der Waals surface area contributed by atoms with Gasteiger partial charge in [-0.25, -0.2) is 0 Å². The van der Waals surface area contributed by atoms with E-state index in [1.807, 2.05) is 55.5 Å². The first-order valence-electron chi connectivity index (χ1n) is 10.2. The molecular weight excluding hydrogens is 624 g/mol. The van der Waals surface area contributed by atoms with Crippen LogP contribution in [0.4, 0.5) is 5.69 Å². The third-order valence-corrected chi connectivity index (χ3v) is 7.65. The molecule has 1 fully saturated rings. The van der Waals surface area contributed by atoms with Crippen LogP contribution < -0.4 is 14.4 Å². The number of hydrogen-bond acceptors (Lipinski definition) is 5. The summed E-state index contributed by atoms with van der Waals surface area (Å²) in [7, 11) is 0. The molecule has 3 aromatic carbocycles. The molecule has 4 rings (SSSR count). The second kappa shape index (κ2) is 11.3. The van der Waals surface area contributed by atoms with Gasteiger partial charge in [-0.15, -0.1) is 0 Å². The Morgan fingerprint density at radius 3 is 2.53 bits per heavy atom. The summed E-state index contributed by atoms with van der Waals surface area (Å²) in [4.78, 5) is 15.1. The molecule has 0 radical (unpaired) electrons. The Kier molecular flexibility index (Phi) is 8.42. The summed E-state index contributed by atoms with van der Waals surface area (Å²) in [6, 6.07) is 18.8. The van der Waals surface area contributed by atoms with E-state index in [1.165, 1.54) is 16.7 Å². The number of carbonyl (C=O) groups is 1. The monoisotopic (exact) mass is 641 g/mol. The summed E-state index contributed by atoms with van der Waals surface area (Å²) in [5.74, 6) is 1.08. The molecule has 34 heavy (non-hydrogen) atoms. The lowest BCUT2D eigenvalue weighted by molar-refractivity contribution is -0.113. The van der Waals surface area contributed by atoms with E-state index >= 15 is 0 Å². The van der Waals surface area contributed by atoms with Gasteiger partial charge in [0, 0.05) is 0 Å². The minimum Gasteiger partial charge on any atom is -0.490 e. The third kappa shape index (κ3) is 5.71. The second-order valence-corrected chi connectivity index (χ2v) is 10.8. The Labute approximate surface area is 231 Å². The fourth-order valence-electron chi connectivity index (χ4n) is 3.27. The molecule has 1 amide bonds. The Hall–Kier alpha value is -1.78. The van der Waals surface area contributed by atoms with E-state index in [2.05, 4.69) is 22.6 Å². The average Bonchev–Trinajstić information content (AvgIpc) is 3.08. The smallest absolute Gasteiger partial charge is 0.270 e. The topological polar surface area (TPSA) is 38.8 Å². The van der Waals surface area contributed by atoms with Crippen molar-refractivity contribution in [2.45, 2.75) is 13.5 Å². The van der Waals surface area contributed by atoms with Crippen LogP contribution in [0.3, 0.4) is 0 Å². The molecule has 4 nitrogen and oxygen atoms in total. The van der Waals surface area contributed by atoms with Crippen LogP contribution in [0.1, 0.15) is 18.1 Å². The van der Waals surface area contributed by atoms with Crippen molar-refractivity contribution in [1.82, 2.24) is 0 Å². The number of carbonyl (C=O) groups excluding carboxylic acids is 1. The van der Waals surface area contributed by atoms with Gasteiger partial charge in [0.15, 0.2) is 15.8 Å². The lowest BCUT2D eigenvalue weighted by atomic mass is 10.1. The molecule has 0 bridgehead atoms. The standard InChI is InChI=1S/C25H18Cl2INO3S2/c1-2-31-21-11-16(10-20(28)23(21)32-14-15-6-4-3-5-7-15)12-22-24(30)29(25(33)34-22)17-8-9-18(26)19(27)13-17/h3-13H,2,14H2,1H3/b22-12-. The van der Waals surface area contributed by atoms with Gasteiger partial charge >= 0.3 is 0 Å². The normalized spacial score (nSPS) is 14.7. The van der Waals surface area contributed by atoms with Gasteiger partial charge in [0.05, 0.1) is 30.8 Å². The van der Waals surface area contributed by atoms with Gasteiger partial charge in [0.25, 0.3) is 5.91 Å². The fourth-order valence-corrected chi connectivity index (χ4v) is 5.64.